The van der Waals surface area contributed by atoms with E-state index in [1.807, 2.05) is 19.1 Å². The first-order valence-electron chi connectivity index (χ1n) is 10.8. The van der Waals surface area contributed by atoms with Crippen molar-refractivity contribution in [3.63, 3.8) is 0 Å². The Hall–Kier alpha value is -3.12. The molecule has 0 radical (unpaired) electrons. The lowest BCUT2D eigenvalue weighted by molar-refractivity contribution is -0.140. The fraction of sp³-hybridized carbons (Fsp3) is 0.360. The van der Waals surface area contributed by atoms with Crippen molar-refractivity contribution in [1.82, 2.24) is 9.80 Å². The zero-order chi connectivity index (χ0) is 22.5. The van der Waals surface area contributed by atoms with Crippen LogP contribution in [0.2, 0.25) is 0 Å². The van der Waals surface area contributed by atoms with Gasteiger partial charge in [-0.25, -0.2) is 0 Å². The van der Waals surface area contributed by atoms with Gasteiger partial charge in [0.05, 0.1) is 11.6 Å². The first-order chi connectivity index (χ1) is 14.9. The zero-order valence-corrected chi connectivity index (χ0v) is 18.3. The van der Waals surface area contributed by atoms with E-state index in [1.165, 1.54) is 17.0 Å². The molecule has 6 nitrogen and oxygen atoms in total. The van der Waals surface area contributed by atoms with E-state index >= 15 is 0 Å². The van der Waals surface area contributed by atoms with Gasteiger partial charge in [-0.15, -0.1) is 0 Å². The maximum atomic E-state index is 13.0. The summed E-state index contributed by atoms with van der Waals surface area (Å²) in [6, 6.07) is 13.1. The Kier molecular flexibility index (Phi) is 7.13. The van der Waals surface area contributed by atoms with Crippen LogP contribution in [0.4, 0.5) is 0 Å². The molecule has 0 aliphatic carbocycles. The Morgan fingerprint density at radius 3 is 2.13 bits per heavy atom. The molecule has 1 atom stereocenters. The summed E-state index contributed by atoms with van der Waals surface area (Å²) in [6.45, 7) is 8.82. The largest absolute Gasteiger partial charge is 0.508 e. The molecule has 2 aromatic carbocycles. The molecule has 1 aliphatic heterocycles. The van der Waals surface area contributed by atoms with Crippen LogP contribution in [0.3, 0.4) is 0 Å². The van der Waals surface area contributed by atoms with E-state index in [0.29, 0.717) is 24.2 Å². The Bertz CT molecular complexity index is 960. The predicted molar refractivity (Wildman–Crippen MR) is 121 cm³/mol. The van der Waals surface area contributed by atoms with Crippen molar-refractivity contribution in [2.24, 2.45) is 0 Å². The average molecular weight is 423 g/mol. The molecule has 1 unspecified atom stereocenters. The van der Waals surface area contributed by atoms with Gasteiger partial charge < -0.3 is 20.0 Å². The van der Waals surface area contributed by atoms with Gasteiger partial charge in [0, 0.05) is 18.7 Å². The molecule has 0 saturated carbocycles. The summed E-state index contributed by atoms with van der Waals surface area (Å²) in [5, 5.41) is 20.8. The van der Waals surface area contributed by atoms with E-state index in [-0.39, 0.29) is 17.1 Å². The Morgan fingerprint density at radius 2 is 1.58 bits per heavy atom. The van der Waals surface area contributed by atoms with Crippen LogP contribution in [-0.4, -0.2) is 57.9 Å². The van der Waals surface area contributed by atoms with Gasteiger partial charge in [-0.05, 0) is 42.8 Å². The van der Waals surface area contributed by atoms with Crippen molar-refractivity contribution in [3.8, 4) is 5.75 Å². The number of benzene rings is 2. The lowest BCUT2D eigenvalue weighted by Gasteiger charge is -2.28. The third kappa shape index (κ3) is 4.64. The number of likely N-dealkylation sites (tertiary alicyclic amines) is 1. The molecule has 6 heteroatoms. The number of hydrogen-bond donors (Lipinski definition) is 2. The van der Waals surface area contributed by atoms with E-state index in [4.69, 9.17) is 0 Å². The number of aliphatic hydroxyl groups excluding tert-OH is 1. The highest BCUT2D eigenvalue weighted by molar-refractivity contribution is 6.46. The van der Waals surface area contributed by atoms with E-state index in [0.717, 1.165) is 25.1 Å². The second kappa shape index (κ2) is 9.79. The van der Waals surface area contributed by atoms with E-state index in [1.54, 1.807) is 24.3 Å². The lowest BCUT2D eigenvalue weighted by atomic mass is 9.95. The van der Waals surface area contributed by atoms with Crippen LogP contribution in [0.15, 0.2) is 54.1 Å². The van der Waals surface area contributed by atoms with Crippen LogP contribution in [0.1, 0.15) is 43.5 Å². The highest BCUT2D eigenvalue weighted by Gasteiger charge is 2.45. The van der Waals surface area contributed by atoms with Gasteiger partial charge in [0.1, 0.15) is 11.5 Å². The first kappa shape index (κ1) is 22.6. The number of carbonyl (C=O) groups is 2. The molecule has 1 amide bonds. The lowest BCUT2D eigenvalue weighted by Crippen LogP contribution is -2.38. The molecule has 1 fully saturated rings. The zero-order valence-electron chi connectivity index (χ0n) is 18.3. The van der Waals surface area contributed by atoms with Crippen LogP contribution in [0, 0.1) is 0 Å². The molecule has 0 spiro atoms. The predicted octanol–water partition coefficient (Wildman–Crippen LogP) is 3.72. The second-order valence-electron chi connectivity index (χ2n) is 7.66. The number of amides is 1. The summed E-state index contributed by atoms with van der Waals surface area (Å²) in [6.07, 6.45) is 0.865. The van der Waals surface area contributed by atoms with Crippen molar-refractivity contribution < 1.29 is 19.8 Å². The smallest absolute Gasteiger partial charge is 0.295 e. The highest BCUT2D eigenvalue weighted by Crippen LogP contribution is 2.39. The van der Waals surface area contributed by atoms with Crippen LogP contribution in [0.25, 0.3) is 5.76 Å². The van der Waals surface area contributed by atoms with Crippen LogP contribution < -0.4 is 0 Å². The molecule has 1 saturated heterocycles. The Balaban J connectivity index is 2.07. The molecule has 0 aromatic heterocycles. The SMILES string of the molecule is CCc1ccc(/C(O)=C2/C(=O)C(=O)N(CCN(CC)CC)C2c2ccc(O)cc2)cc1. The minimum Gasteiger partial charge on any atom is -0.508 e. The van der Waals surface area contributed by atoms with Crippen molar-refractivity contribution in [1.29, 1.82) is 0 Å². The van der Waals surface area contributed by atoms with Crippen LogP contribution >= 0.6 is 0 Å². The third-order valence-electron chi connectivity index (χ3n) is 5.94. The number of nitrogens with zero attached hydrogens (tertiary/aromatic N) is 2. The summed E-state index contributed by atoms with van der Waals surface area (Å²) >= 11 is 0. The molecule has 31 heavy (non-hydrogen) atoms. The summed E-state index contributed by atoms with van der Waals surface area (Å²) in [5.74, 6) is -1.38. The quantitative estimate of drug-likeness (QED) is 0.385. The summed E-state index contributed by atoms with van der Waals surface area (Å²) in [5.41, 5.74) is 2.37. The summed E-state index contributed by atoms with van der Waals surface area (Å²) < 4.78 is 0. The van der Waals surface area contributed by atoms with Gasteiger partial charge in [-0.3, -0.25) is 9.59 Å². The van der Waals surface area contributed by atoms with Crippen molar-refractivity contribution in [2.75, 3.05) is 26.2 Å². The van der Waals surface area contributed by atoms with Crippen molar-refractivity contribution in [2.45, 2.75) is 33.2 Å². The number of hydrogen-bond acceptors (Lipinski definition) is 5. The topological polar surface area (TPSA) is 81.1 Å². The average Bonchev–Trinajstić information content (AvgIpc) is 3.05. The van der Waals surface area contributed by atoms with Crippen LogP contribution in [0.5, 0.6) is 5.75 Å². The molecular weight excluding hydrogens is 392 g/mol. The van der Waals surface area contributed by atoms with Gasteiger partial charge in [0.15, 0.2) is 0 Å². The number of likely N-dealkylation sites (N-methyl/N-ethyl adjacent to an activating group) is 1. The molecular formula is C25H30N2O4. The number of carbonyl (C=O) groups excluding carboxylic acids is 2. The van der Waals surface area contributed by atoms with Gasteiger partial charge in [0.2, 0.25) is 0 Å². The molecule has 2 aromatic rings. The number of rotatable bonds is 8. The van der Waals surface area contributed by atoms with Crippen molar-refractivity contribution in [3.05, 3.63) is 70.8 Å². The number of ketones is 1. The second-order valence-corrected chi connectivity index (χ2v) is 7.66. The number of aryl methyl sites for hydroxylation is 1. The number of Topliss-reactive ketones (excluding diaryl/α,β-unsaturated/α-hetero) is 1. The Labute approximate surface area is 183 Å². The van der Waals surface area contributed by atoms with Gasteiger partial charge in [0.25, 0.3) is 11.7 Å². The third-order valence-corrected chi connectivity index (χ3v) is 5.94. The summed E-state index contributed by atoms with van der Waals surface area (Å²) in [4.78, 5) is 29.7. The molecule has 1 heterocycles. The van der Waals surface area contributed by atoms with Gasteiger partial charge in [-0.1, -0.05) is 57.2 Å². The van der Waals surface area contributed by atoms with Crippen LogP contribution in [-0.2, 0) is 16.0 Å². The van der Waals surface area contributed by atoms with Gasteiger partial charge in [-0.2, -0.15) is 0 Å². The monoisotopic (exact) mass is 422 g/mol. The number of aromatic hydroxyl groups is 1. The fourth-order valence-corrected chi connectivity index (χ4v) is 3.96. The van der Waals surface area contributed by atoms with E-state index in [2.05, 4.69) is 18.7 Å². The normalized spacial score (nSPS) is 18.2. The molecule has 0 bridgehead atoms. The fourth-order valence-electron chi connectivity index (χ4n) is 3.96. The standard InChI is InChI=1S/C25H30N2O4/c1-4-17-7-9-19(10-8-17)23(29)21-22(18-11-13-20(28)14-12-18)27(25(31)24(21)30)16-15-26(5-2)6-3/h7-14,22,28-29H,4-6,15-16H2,1-3H3/b23-21-. The molecule has 2 N–H and O–H groups in total. The maximum absolute atomic E-state index is 13.0. The summed E-state index contributed by atoms with van der Waals surface area (Å²) in [7, 11) is 0. The van der Waals surface area contributed by atoms with Crippen molar-refractivity contribution >= 4 is 17.4 Å². The minimum atomic E-state index is -0.706. The minimum absolute atomic E-state index is 0.0829. The van der Waals surface area contributed by atoms with Gasteiger partial charge >= 0.3 is 0 Å². The molecule has 164 valence electrons. The first-order valence-corrected chi connectivity index (χ1v) is 10.8. The number of aliphatic hydroxyl groups is 1. The maximum Gasteiger partial charge on any atom is 0.295 e. The number of phenolic OH excluding ortho intramolecular Hbond substituents is 1. The van der Waals surface area contributed by atoms with E-state index < -0.39 is 17.7 Å². The molecule has 3 rings (SSSR count). The number of phenols is 1. The Morgan fingerprint density at radius 1 is 0.968 bits per heavy atom. The van der Waals surface area contributed by atoms with E-state index in [9.17, 15) is 19.8 Å². The molecule has 1 aliphatic rings. The highest BCUT2D eigenvalue weighted by atomic mass is 16.3.